The Hall–Kier alpha value is -3.55. The number of carbonyl (C=O) groups excluding carboxylic acids is 3. The lowest BCUT2D eigenvalue weighted by molar-refractivity contribution is -0.125. The highest BCUT2D eigenvalue weighted by atomic mass is 16.5. The van der Waals surface area contributed by atoms with Gasteiger partial charge in [-0.3, -0.25) is 19.3 Å². The van der Waals surface area contributed by atoms with Crippen molar-refractivity contribution in [3.8, 4) is 5.75 Å². The summed E-state index contributed by atoms with van der Waals surface area (Å²) in [6.07, 6.45) is 5.97. The van der Waals surface area contributed by atoms with Crippen molar-refractivity contribution in [1.29, 1.82) is 0 Å². The van der Waals surface area contributed by atoms with E-state index in [1.165, 1.54) is 0 Å². The summed E-state index contributed by atoms with van der Waals surface area (Å²) < 4.78 is 5.38. The molecule has 190 valence electrons. The van der Waals surface area contributed by atoms with E-state index in [2.05, 4.69) is 10.2 Å². The van der Waals surface area contributed by atoms with Crippen LogP contribution in [0.5, 0.6) is 5.75 Å². The molecule has 0 radical (unpaired) electrons. The molecular weight excluding hydrogens is 456 g/mol. The molecule has 3 amide bonds. The fourth-order valence-corrected chi connectivity index (χ4v) is 5.58. The first-order chi connectivity index (χ1) is 17.6. The largest absolute Gasteiger partial charge is 0.496 e. The first-order valence-electron chi connectivity index (χ1n) is 13.0. The van der Waals surface area contributed by atoms with Gasteiger partial charge in [0.25, 0.3) is 5.91 Å². The van der Waals surface area contributed by atoms with Crippen molar-refractivity contribution in [2.24, 2.45) is 0 Å². The number of ether oxygens (including phenoxy) is 1. The number of rotatable bonds is 6. The molecular formula is C28H34N4O4. The molecule has 5 rings (SSSR count). The number of likely N-dealkylation sites (tertiary alicyclic amines) is 1. The van der Waals surface area contributed by atoms with E-state index in [0.29, 0.717) is 23.5 Å². The zero-order chi connectivity index (χ0) is 25.1. The van der Waals surface area contributed by atoms with Gasteiger partial charge in [0.2, 0.25) is 11.8 Å². The van der Waals surface area contributed by atoms with Gasteiger partial charge in [-0.2, -0.15) is 0 Å². The second kappa shape index (κ2) is 10.6. The number of methoxy groups -OCH3 is 1. The predicted molar refractivity (Wildman–Crippen MR) is 138 cm³/mol. The Morgan fingerprint density at radius 1 is 0.972 bits per heavy atom. The van der Waals surface area contributed by atoms with Crippen LogP contribution >= 0.6 is 0 Å². The summed E-state index contributed by atoms with van der Waals surface area (Å²) in [5.41, 5.74) is 3.01. The maximum absolute atomic E-state index is 13.6. The van der Waals surface area contributed by atoms with Crippen LogP contribution in [0.4, 0.5) is 11.4 Å². The minimum atomic E-state index is -0.267. The van der Waals surface area contributed by atoms with Crippen molar-refractivity contribution in [2.45, 2.75) is 51.1 Å². The summed E-state index contributed by atoms with van der Waals surface area (Å²) in [6, 6.07) is 12.9. The third-order valence-corrected chi connectivity index (χ3v) is 7.49. The molecule has 36 heavy (non-hydrogen) atoms. The quantitative estimate of drug-likeness (QED) is 0.672. The molecule has 2 saturated heterocycles. The van der Waals surface area contributed by atoms with Crippen LogP contribution in [0, 0.1) is 0 Å². The summed E-state index contributed by atoms with van der Waals surface area (Å²) in [7, 11) is 1.60. The van der Waals surface area contributed by atoms with Gasteiger partial charge in [-0.25, -0.2) is 0 Å². The van der Waals surface area contributed by atoms with E-state index < -0.39 is 0 Å². The van der Waals surface area contributed by atoms with Crippen LogP contribution in [-0.4, -0.2) is 62.0 Å². The maximum Gasteiger partial charge on any atom is 0.253 e. The van der Waals surface area contributed by atoms with Gasteiger partial charge in [0.1, 0.15) is 18.3 Å². The average Bonchev–Trinajstić information content (AvgIpc) is 2.94. The topological polar surface area (TPSA) is 82.2 Å². The number of hydrogen-bond acceptors (Lipinski definition) is 5. The molecule has 0 aliphatic carbocycles. The Bertz CT molecular complexity index is 1140. The lowest BCUT2D eigenvalue weighted by Gasteiger charge is -2.45. The fourth-order valence-electron chi connectivity index (χ4n) is 5.58. The van der Waals surface area contributed by atoms with Crippen molar-refractivity contribution < 1.29 is 19.1 Å². The number of fused-ring (bicyclic) bond motifs is 3. The summed E-state index contributed by atoms with van der Waals surface area (Å²) in [5, 5.41) is 2.93. The lowest BCUT2D eigenvalue weighted by atomic mass is 9.95. The Balaban J connectivity index is 1.39. The van der Waals surface area contributed by atoms with Gasteiger partial charge in [-0.1, -0.05) is 18.2 Å². The van der Waals surface area contributed by atoms with Crippen LogP contribution in [0.1, 0.15) is 54.4 Å². The van der Waals surface area contributed by atoms with E-state index >= 15 is 0 Å². The summed E-state index contributed by atoms with van der Waals surface area (Å²) >= 11 is 0. The van der Waals surface area contributed by atoms with E-state index in [1.807, 2.05) is 47.4 Å². The van der Waals surface area contributed by atoms with Crippen molar-refractivity contribution in [1.82, 2.24) is 10.2 Å². The molecule has 8 nitrogen and oxygen atoms in total. The molecule has 3 aliphatic heterocycles. The van der Waals surface area contributed by atoms with Gasteiger partial charge in [0.05, 0.1) is 18.5 Å². The summed E-state index contributed by atoms with van der Waals surface area (Å²) in [4.78, 5) is 45.5. The Morgan fingerprint density at radius 2 is 1.75 bits per heavy atom. The molecule has 2 fully saturated rings. The van der Waals surface area contributed by atoms with Gasteiger partial charge < -0.3 is 19.9 Å². The van der Waals surface area contributed by atoms with Gasteiger partial charge >= 0.3 is 0 Å². The zero-order valence-corrected chi connectivity index (χ0v) is 20.9. The molecule has 0 saturated carbocycles. The third-order valence-electron chi connectivity index (χ3n) is 7.49. The summed E-state index contributed by atoms with van der Waals surface area (Å²) in [6.45, 7) is 2.54. The van der Waals surface area contributed by atoms with E-state index in [1.54, 1.807) is 12.0 Å². The molecule has 0 unspecified atom stereocenters. The molecule has 2 aromatic carbocycles. The Labute approximate surface area is 212 Å². The van der Waals surface area contributed by atoms with Crippen LogP contribution in [0.2, 0.25) is 0 Å². The van der Waals surface area contributed by atoms with Crippen LogP contribution in [0.3, 0.4) is 0 Å². The highest BCUT2D eigenvalue weighted by molar-refractivity contribution is 6.09. The zero-order valence-electron chi connectivity index (χ0n) is 20.9. The molecule has 3 heterocycles. The number of benzene rings is 2. The molecule has 8 heteroatoms. The van der Waals surface area contributed by atoms with Crippen molar-refractivity contribution in [3.63, 3.8) is 0 Å². The molecule has 0 bridgehead atoms. The number of amides is 3. The molecule has 3 aliphatic rings. The SMILES string of the molecule is COc1ccccc1CNC(=O)CN1C(=O)[C@@H]2CCCCN2c2ccc(C(=O)N3CCCCC3)cc21. The number of carbonyl (C=O) groups is 3. The molecule has 0 aromatic heterocycles. The number of hydrogen-bond donors (Lipinski definition) is 1. The van der Waals surface area contributed by atoms with Gasteiger partial charge in [0.15, 0.2) is 0 Å². The number of anilines is 2. The van der Waals surface area contributed by atoms with Crippen molar-refractivity contribution >= 4 is 29.1 Å². The molecule has 2 aromatic rings. The van der Waals surface area contributed by atoms with Crippen molar-refractivity contribution in [2.75, 3.05) is 43.1 Å². The van der Waals surface area contributed by atoms with Crippen molar-refractivity contribution in [3.05, 3.63) is 53.6 Å². The van der Waals surface area contributed by atoms with Crippen LogP contribution in [0.25, 0.3) is 0 Å². The monoisotopic (exact) mass is 490 g/mol. The van der Waals surface area contributed by atoms with Crippen LogP contribution in [-0.2, 0) is 16.1 Å². The standard InChI is InChI=1S/C28H34N4O4/c1-36-25-11-4-3-9-21(25)18-29-26(33)19-32-24-17-20(27(34)30-14-6-2-7-15-30)12-13-22(24)31-16-8-5-10-23(31)28(32)35/h3-4,9,11-13,17,23H,2,5-8,10,14-16,18-19H2,1H3,(H,29,33)/t23-/m0/s1. The molecule has 0 spiro atoms. The second-order valence-electron chi connectivity index (χ2n) is 9.77. The third kappa shape index (κ3) is 4.76. The average molecular weight is 491 g/mol. The van der Waals surface area contributed by atoms with E-state index in [4.69, 9.17) is 4.74 Å². The predicted octanol–water partition coefficient (Wildman–Crippen LogP) is 3.34. The maximum atomic E-state index is 13.6. The van der Waals surface area contributed by atoms with E-state index in [-0.39, 0.29) is 30.3 Å². The number of para-hydroxylation sites is 1. The van der Waals surface area contributed by atoms with Gasteiger partial charge in [-0.05, 0) is 62.8 Å². The number of nitrogens with zero attached hydrogens (tertiary/aromatic N) is 3. The van der Waals surface area contributed by atoms with Gasteiger partial charge in [-0.15, -0.1) is 0 Å². The Kier molecular flexibility index (Phi) is 7.11. The van der Waals surface area contributed by atoms with E-state index in [0.717, 1.165) is 69.4 Å². The van der Waals surface area contributed by atoms with E-state index in [9.17, 15) is 14.4 Å². The second-order valence-corrected chi connectivity index (χ2v) is 9.77. The fraction of sp³-hybridized carbons (Fsp3) is 0.464. The summed E-state index contributed by atoms with van der Waals surface area (Å²) in [5.74, 6) is 0.372. The minimum Gasteiger partial charge on any atom is -0.496 e. The number of nitrogens with one attached hydrogen (secondary N) is 1. The van der Waals surface area contributed by atoms with Crippen LogP contribution in [0.15, 0.2) is 42.5 Å². The first-order valence-corrected chi connectivity index (χ1v) is 13.0. The molecule has 1 atom stereocenters. The first kappa shape index (κ1) is 24.2. The smallest absolute Gasteiger partial charge is 0.253 e. The highest BCUT2D eigenvalue weighted by Gasteiger charge is 2.40. The van der Waals surface area contributed by atoms with Crippen LogP contribution < -0.4 is 19.9 Å². The number of piperidine rings is 2. The highest BCUT2D eigenvalue weighted by Crippen LogP contribution is 2.40. The lowest BCUT2D eigenvalue weighted by Crippen LogP contribution is -2.57. The Morgan fingerprint density at radius 3 is 2.56 bits per heavy atom. The van der Waals surface area contributed by atoms with Gasteiger partial charge in [0, 0.05) is 37.3 Å². The minimum absolute atomic E-state index is 0.00806. The normalized spacial score (nSPS) is 19.4. The molecule has 1 N–H and O–H groups in total.